The highest BCUT2D eigenvalue weighted by Crippen LogP contribution is 2.07. The molecule has 4 nitrogen and oxygen atoms in total. The van der Waals surface area contributed by atoms with Gasteiger partial charge in [-0.25, -0.2) is 0 Å². The van der Waals surface area contributed by atoms with Crippen molar-refractivity contribution in [3.05, 3.63) is 0 Å². The highest BCUT2D eigenvalue weighted by atomic mass is 14.9. The highest BCUT2D eigenvalue weighted by Gasteiger charge is 2.07. The van der Waals surface area contributed by atoms with Crippen molar-refractivity contribution in [1.82, 2.24) is 0 Å². The van der Waals surface area contributed by atoms with Crippen molar-refractivity contribution in [3.8, 4) is 0 Å². The molecule has 0 aliphatic rings. The van der Waals surface area contributed by atoms with Crippen LogP contribution in [0.2, 0.25) is 0 Å². The van der Waals surface area contributed by atoms with Crippen molar-refractivity contribution >= 4 is 0 Å². The Kier molecular flexibility index (Phi) is 4.55. The van der Waals surface area contributed by atoms with Gasteiger partial charge in [-0.3, -0.25) is 0 Å². The third-order valence-corrected chi connectivity index (χ3v) is 1.35. The molecule has 0 unspecified atom stereocenters. The summed E-state index contributed by atoms with van der Waals surface area (Å²) in [6, 6.07) is 0. The van der Waals surface area contributed by atoms with Crippen molar-refractivity contribution in [1.29, 1.82) is 0 Å². The molecule has 0 aliphatic carbocycles. The third kappa shape index (κ3) is 5.97. The smallest absolute Gasteiger partial charge is 0.0523 e. The van der Waals surface area contributed by atoms with Crippen molar-refractivity contribution in [2.24, 2.45) is 28.9 Å². The number of nitrogens with two attached hydrogens (primary N) is 4. The Balaban J connectivity index is 3.34. The first-order chi connectivity index (χ1) is 4.52. The first-order valence-electron chi connectivity index (χ1n) is 3.54. The second kappa shape index (κ2) is 4.62. The SMILES string of the molecule is CC(CC(N)N)CC(N)N. The summed E-state index contributed by atoms with van der Waals surface area (Å²) >= 11 is 0. The van der Waals surface area contributed by atoms with E-state index in [2.05, 4.69) is 0 Å². The summed E-state index contributed by atoms with van der Waals surface area (Å²) < 4.78 is 0. The maximum atomic E-state index is 5.37. The monoisotopic (exact) mass is 146 g/mol. The van der Waals surface area contributed by atoms with Gasteiger partial charge in [0.05, 0.1) is 12.3 Å². The predicted octanol–water partition coefficient (Wildman–Crippen LogP) is -1.11. The summed E-state index contributed by atoms with van der Waals surface area (Å²) in [6.07, 6.45) is 1.08. The lowest BCUT2D eigenvalue weighted by molar-refractivity contribution is 0.409. The minimum atomic E-state index is -0.242. The van der Waals surface area contributed by atoms with Crippen LogP contribution >= 0.6 is 0 Å². The summed E-state index contributed by atoms with van der Waals surface area (Å²) in [5.74, 6) is 0.417. The Morgan fingerprint density at radius 2 is 1.20 bits per heavy atom. The zero-order valence-corrected chi connectivity index (χ0v) is 6.46. The van der Waals surface area contributed by atoms with E-state index in [0.29, 0.717) is 5.92 Å². The first kappa shape index (κ1) is 9.84. The first-order valence-corrected chi connectivity index (χ1v) is 3.54. The van der Waals surface area contributed by atoms with Crippen LogP contribution in [-0.2, 0) is 0 Å². The van der Waals surface area contributed by atoms with Crippen LogP contribution in [0.4, 0.5) is 0 Å². The van der Waals surface area contributed by atoms with Crippen molar-refractivity contribution in [2.45, 2.75) is 32.1 Å². The van der Waals surface area contributed by atoms with Crippen LogP contribution in [0.25, 0.3) is 0 Å². The van der Waals surface area contributed by atoms with E-state index < -0.39 is 0 Å². The van der Waals surface area contributed by atoms with E-state index in [4.69, 9.17) is 22.9 Å². The lowest BCUT2D eigenvalue weighted by Crippen LogP contribution is -2.36. The summed E-state index contributed by atoms with van der Waals surface area (Å²) in [6.45, 7) is 2.04. The maximum Gasteiger partial charge on any atom is 0.0523 e. The van der Waals surface area contributed by atoms with E-state index in [9.17, 15) is 0 Å². The van der Waals surface area contributed by atoms with Crippen LogP contribution in [0.3, 0.4) is 0 Å². The lowest BCUT2D eigenvalue weighted by Gasteiger charge is -2.15. The van der Waals surface area contributed by atoms with Gasteiger partial charge in [-0.1, -0.05) is 6.92 Å². The van der Waals surface area contributed by atoms with E-state index in [1.165, 1.54) is 0 Å². The average Bonchev–Trinajstić information content (AvgIpc) is 1.58. The summed E-state index contributed by atoms with van der Waals surface area (Å²) in [7, 11) is 0. The van der Waals surface area contributed by atoms with Crippen LogP contribution in [-0.4, -0.2) is 12.3 Å². The summed E-state index contributed by atoms with van der Waals surface area (Å²) in [5, 5.41) is 0. The van der Waals surface area contributed by atoms with Crippen LogP contribution in [0.1, 0.15) is 19.8 Å². The molecule has 0 saturated carbocycles. The highest BCUT2D eigenvalue weighted by molar-refractivity contribution is 4.63. The molecule has 62 valence electrons. The van der Waals surface area contributed by atoms with Gasteiger partial charge in [0.2, 0.25) is 0 Å². The molecule has 10 heavy (non-hydrogen) atoms. The van der Waals surface area contributed by atoms with Gasteiger partial charge in [0.1, 0.15) is 0 Å². The number of hydrogen-bond acceptors (Lipinski definition) is 4. The van der Waals surface area contributed by atoms with Gasteiger partial charge in [0, 0.05) is 0 Å². The Bertz CT molecular complexity index is 71.8. The van der Waals surface area contributed by atoms with Gasteiger partial charge in [-0.15, -0.1) is 0 Å². The van der Waals surface area contributed by atoms with Gasteiger partial charge >= 0.3 is 0 Å². The van der Waals surface area contributed by atoms with Gasteiger partial charge < -0.3 is 22.9 Å². The van der Waals surface area contributed by atoms with Crippen molar-refractivity contribution < 1.29 is 0 Å². The molecule has 0 atom stereocenters. The average molecular weight is 146 g/mol. The molecular weight excluding hydrogens is 128 g/mol. The molecular formula is C6H18N4. The fraction of sp³-hybridized carbons (Fsp3) is 1.00. The number of rotatable bonds is 4. The van der Waals surface area contributed by atoms with Gasteiger partial charge in [0.15, 0.2) is 0 Å². The third-order valence-electron chi connectivity index (χ3n) is 1.35. The van der Waals surface area contributed by atoms with Gasteiger partial charge in [-0.2, -0.15) is 0 Å². The Hall–Kier alpha value is -0.160. The van der Waals surface area contributed by atoms with Crippen LogP contribution in [0, 0.1) is 5.92 Å². The number of hydrogen-bond donors (Lipinski definition) is 4. The molecule has 0 fully saturated rings. The second-order valence-corrected chi connectivity index (χ2v) is 2.90. The summed E-state index contributed by atoms with van der Waals surface area (Å²) in [4.78, 5) is 0. The molecule has 0 saturated heterocycles. The minimum Gasteiger partial charge on any atom is -0.316 e. The Morgan fingerprint density at radius 1 is 0.900 bits per heavy atom. The topological polar surface area (TPSA) is 104 Å². The summed E-state index contributed by atoms with van der Waals surface area (Å²) in [5.41, 5.74) is 21.5. The second-order valence-electron chi connectivity index (χ2n) is 2.90. The Labute approximate surface area is 61.9 Å². The zero-order valence-electron chi connectivity index (χ0n) is 6.46. The minimum absolute atomic E-state index is 0.242. The fourth-order valence-electron chi connectivity index (χ4n) is 1.03. The molecule has 0 heterocycles. The Morgan fingerprint density at radius 3 is 1.40 bits per heavy atom. The van der Waals surface area contributed by atoms with Crippen molar-refractivity contribution in [3.63, 3.8) is 0 Å². The molecule has 0 aliphatic heterocycles. The fourth-order valence-corrected chi connectivity index (χ4v) is 1.03. The molecule has 0 bridgehead atoms. The molecule has 0 amide bonds. The molecule has 0 aromatic carbocycles. The van der Waals surface area contributed by atoms with E-state index in [0.717, 1.165) is 12.8 Å². The normalized spacial score (nSPS) is 12.0. The van der Waals surface area contributed by atoms with E-state index in [1.807, 2.05) is 6.92 Å². The van der Waals surface area contributed by atoms with E-state index in [-0.39, 0.29) is 12.3 Å². The van der Waals surface area contributed by atoms with Gasteiger partial charge in [0.25, 0.3) is 0 Å². The standard InChI is InChI=1S/C6H18N4/c1-4(2-5(7)8)3-6(9)10/h4-6H,2-3,7-10H2,1H3. The lowest BCUT2D eigenvalue weighted by atomic mass is 10.0. The van der Waals surface area contributed by atoms with Crippen molar-refractivity contribution in [2.75, 3.05) is 0 Å². The maximum absolute atomic E-state index is 5.37. The van der Waals surface area contributed by atoms with Crippen LogP contribution < -0.4 is 22.9 Å². The molecule has 8 N–H and O–H groups in total. The van der Waals surface area contributed by atoms with E-state index in [1.54, 1.807) is 0 Å². The molecule has 0 radical (unpaired) electrons. The van der Waals surface area contributed by atoms with Crippen LogP contribution in [0.5, 0.6) is 0 Å². The quantitative estimate of drug-likeness (QED) is 0.377. The van der Waals surface area contributed by atoms with Crippen LogP contribution in [0.15, 0.2) is 0 Å². The molecule has 0 aromatic heterocycles. The largest absolute Gasteiger partial charge is 0.316 e. The van der Waals surface area contributed by atoms with Gasteiger partial charge in [-0.05, 0) is 18.8 Å². The molecule has 0 spiro atoms. The zero-order chi connectivity index (χ0) is 8.15. The molecule has 0 aromatic rings. The molecule has 4 heteroatoms. The predicted molar refractivity (Wildman–Crippen MR) is 42.7 cm³/mol. The van der Waals surface area contributed by atoms with E-state index >= 15 is 0 Å². The molecule has 0 rings (SSSR count).